The van der Waals surface area contributed by atoms with Crippen LogP contribution in [-0.4, -0.2) is 97.3 Å². The highest BCUT2D eigenvalue weighted by Gasteiger charge is 2.55. The number of hydrogen-bond donors (Lipinski definition) is 4. The summed E-state index contributed by atoms with van der Waals surface area (Å²) in [6, 6.07) is 46.9. The topological polar surface area (TPSA) is 210 Å². The van der Waals surface area contributed by atoms with Gasteiger partial charge in [0.1, 0.15) is 42.0 Å². The fourth-order valence-corrected chi connectivity index (χ4v) is 11.0. The van der Waals surface area contributed by atoms with E-state index >= 15 is 0 Å². The van der Waals surface area contributed by atoms with E-state index in [0.29, 0.717) is 16.3 Å². The zero-order valence-corrected chi connectivity index (χ0v) is 42.5. The maximum absolute atomic E-state index is 14.8. The van der Waals surface area contributed by atoms with Gasteiger partial charge in [0.2, 0.25) is 5.91 Å². The maximum Gasteiger partial charge on any atom is 0.356 e. The maximum atomic E-state index is 14.8. The van der Waals surface area contributed by atoms with E-state index in [0.717, 1.165) is 21.3 Å². The monoisotopic (exact) mass is 1050 g/mol. The van der Waals surface area contributed by atoms with Gasteiger partial charge in [-0.1, -0.05) is 157 Å². The number of rotatable bonds is 17. The molecule has 0 spiro atoms. The van der Waals surface area contributed by atoms with Crippen molar-refractivity contribution in [2.24, 2.45) is 5.16 Å². The van der Waals surface area contributed by atoms with Crippen LogP contribution in [0.2, 0.25) is 0 Å². The van der Waals surface area contributed by atoms with Crippen molar-refractivity contribution in [2.75, 3.05) is 32.3 Å². The Morgan fingerprint density at radius 2 is 1.39 bits per heavy atom. The number of thiol groups is 1. The number of H-pyrrole nitrogens is 1. The van der Waals surface area contributed by atoms with Gasteiger partial charge in [-0.2, -0.15) is 5.10 Å². The van der Waals surface area contributed by atoms with Gasteiger partial charge in [-0.05, 0) is 39.5 Å². The van der Waals surface area contributed by atoms with Crippen molar-refractivity contribution in [1.29, 1.82) is 0 Å². The van der Waals surface area contributed by atoms with Gasteiger partial charge >= 0.3 is 17.1 Å². The van der Waals surface area contributed by atoms with Crippen LogP contribution in [0, 0.1) is 0 Å². The highest BCUT2D eigenvalue weighted by molar-refractivity contribution is 8.00. The van der Waals surface area contributed by atoms with Crippen LogP contribution >= 0.6 is 35.7 Å². The molecule has 1 saturated heterocycles. The molecule has 9 rings (SSSR count). The van der Waals surface area contributed by atoms with Gasteiger partial charge in [-0.3, -0.25) is 33.4 Å². The molecule has 5 aromatic carbocycles. The summed E-state index contributed by atoms with van der Waals surface area (Å²) in [6.07, 6.45) is 0.516. The number of aromatic nitrogens is 4. The summed E-state index contributed by atoms with van der Waals surface area (Å²) in [7, 11) is 4.29. The molecule has 4 heterocycles. The minimum Gasteiger partial charge on any atom is -0.448 e. The standard InChI is InChI=1S/C54H47N9O8S3/c1-61(2)41(64)30-62-46(58-59-48(66)50(62)68)40(72)29-35-31-73-51-43(49(67)63(51)44(35)52(69)71-45(33-19-9-4-10-20-33)34-21-11-5-12-22-34)56-47(65)42(60-70-3)39-32-74-53(55-39)57-54(36-23-13-6-14-24-36,37-25-15-7-16-26-37)38-27-17-8-18-28-38/h4-29,32,43,45,51,72H,30-31H2,1-3H3,(H,55,57)(H,56,65)(H,59,66). The van der Waals surface area contributed by atoms with Crippen LogP contribution in [0.1, 0.15) is 45.4 Å². The van der Waals surface area contributed by atoms with Crippen LogP contribution in [0.4, 0.5) is 5.13 Å². The number of amides is 3. The van der Waals surface area contributed by atoms with Crippen LogP contribution in [0.15, 0.2) is 189 Å². The van der Waals surface area contributed by atoms with Gasteiger partial charge in [0.05, 0.1) is 0 Å². The molecule has 0 saturated carbocycles. The second-order valence-electron chi connectivity index (χ2n) is 17.1. The number of hydrogen-bond acceptors (Lipinski definition) is 15. The summed E-state index contributed by atoms with van der Waals surface area (Å²) in [5, 5.41) is 18.1. The van der Waals surface area contributed by atoms with Crippen molar-refractivity contribution < 1.29 is 28.8 Å². The Morgan fingerprint density at radius 3 is 1.92 bits per heavy atom. The number of ether oxygens (including phenoxy) is 1. The third kappa shape index (κ3) is 10.2. The van der Waals surface area contributed by atoms with Gasteiger partial charge in [0.25, 0.3) is 11.8 Å². The molecule has 3 amide bonds. The first-order valence-corrected chi connectivity index (χ1v) is 25.4. The summed E-state index contributed by atoms with van der Waals surface area (Å²) in [6.45, 7) is -0.536. The van der Waals surface area contributed by atoms with Crippen LogP contribution in [0.5, 0.6) is 0 Å². The Labute approximate surface area is 438 Å². The van der Waals surface area contributed by atoms with Crippen molar-refractivity contribution in [1.82, 2.24) is 34.9 Å². The lowest BCUT2D eigenvalue weighted by molar-refractivity contribution is -0.154. The number of oxime groups is 1. The number of likely N-dealkylation sites (N-methyl/N-ethyl adjacent to an activating group) is 1. The number of carbonyl (C=O) groups is 4. The number of benzene rings is 5. The van der Waals surface area contributed by atoms with Crippen LogP contribution in [0.25, 0.3) is 4.91 Å². The summed E-state index contributed by atoms with van der Waals surface area (Å²) in [4.78, 5) is 94.7. The van der Waals surface area contributed by atoms with Crippen molar-refractivity contribution in [2.45, 2.75) is 29.6 Å². The van der Waals surface area contributed by atoms with E-state index in [1.54, 1.807) is 5.38 Å². The number of fused-ring (bicyclic) bond motifs is 1. The Morgan fingerprint density at radius 1 is 0.851 bits per heavy atom. The van der Waals surface area contributed by atoms with Crippen LogP contribution < -0.4 is 21.8 Å². The molecule has 7 aromatic rings. The largest absolute Gasteiger partial charge is 0.448 e. The minimum atomic E-state index is -1.15. The van der Waals surface area contributed by atoms with E-state index in [9.17, 15) is 28.8 Å². The van der Waals surface area contributed by atoms with Crippen molar-refractivity contribution in [3.8, 4) is 0 Å². The lowest BCUT2D eigenvalue weighted by Gasteiger charge is -2.49. The third-order valence-electron chi connectivity index (χ3n) is 12.3. The molecular formula is C54H47N9O8S3. The molecule has 0 radical (unpaired) electrons. The minimum absolute atomic E-state index is 0.0177. The van der Waals surface area contributed by atoms with Gasteiger partial charge in [-0.15, -0.1) is 35.7 Å². The SMILES string of the molecule is CON=C(C(=O)NC1C(=O)N2C(C(=O)OC(c3ccccc3)c3ccccc3)=C(C=C(S)c3n[nH]c(=O)c(=O)n3CC(=O)N(C)C)CSC12)c1csc(NC(c2ccccc2)(c2ccccc2)c2ccccc2)n1. The fraction of sp³-hybridized carbons (Fsp3) is 0.167. The van der Waals surface area contributed by atoms with Crippen LogP contribution in [-0.2, 0) is 40.8 Å². The average Bonchev–Trinajstić information content (AvgIpc) is 3.90. The smallest absolute Gasteiger partial charge is 0.356 e. The normalized spacial score (nSPS) is 15.7. The van der Waals surface area contributed by atoms with Gasteiger partial charge in [0, 0.05) is 30.1 Å². The predicted molar refractivity (Wildman–Crippen MR) is 286 cm³/mol. The quantitative estimate of drug-likeness (QED) is 0.0153. The molecule has 74 heavy (non-hydrogen) atoms. The Balaban J connectivity index is 1.04. The number of thioether (sulfide) groups is 1. The lowest BCUT2D eigenvalue weighted by atomic mass is 9.77. The average molecular weight is 1050 g/mol. The predicted octanol–water partition coefficient (Wildman–Crippen LogP) is 6.19. The molecule has 0 bridgehead atoms. The molecule has 2 aliphatic heterocycles. The summed E-state index contributed by atoms with van der Waals surface area (Å²) >= 11 is 7.16. The number of anilines is 1. The molecule has 1 fully saturated rings. The summed E-state index contributed by atoms with van der Waals surface area (Å²) in [5.41, 5.74) is 1.17. The number of esters is 1. The molecule has 17 nitrogen and oxygen atoms in total. The van der Waals surface area contributed by atoms with Crippen molar-refractivity contribution in [3.05, 3.63) is 234 Å². The number of carbonyl (C=O) groups excluding carboxylic acids is 4. The van der Waals surface area contributed by atoms with E-state index in [1.165, 1.54) is 60.2 Å². The molecule has 374 valence electrons. The van der Waals surface area contributed by atoms with E-state index in [-0.39, 0.29) is 39.2 Å². The van der Waals surface area contributed by atoms with Gasteiger partial charge in [-0.25, -0.2) is 14.9 Å². The lowest BCUT2D eigenvalue weighted by Crippen LogP contribution is -2.71. The molecule has 2 atom stereocenters. The summed E-state index contributed by atoms with van der Waals surface area (Å²) in [5.74, 6) is -2.90. The van der Waals surface area contributed by atoms with E-state index in [2.05, 4.69) is 38.6 Å². The fourth-order valence-electron chi connectivity index (χ4n) is 8.66. The number of thiazole rings is 1. The van der Waals surface area contributed by atoms with Crippen molar-refractivity contribution >= 4 is 75.2 Å². The van der Waals surface area contributed by atoms with Crippen LogP contribution in [0.3, 0.4) is 0 Å². The summed E-state index contributed by atoms with van der Waals surface area (Å²) < 4.78 is 7.21. The molecule has 3 N–H and O–H groups in total. The Kier molecular flexibility index (Phi) is 15.2. The highest BCUT2D eigenvalue weighted by Crippen LogP contribution is 2.44. The van der Waals surface area contributed by atoms with E-state index in [4.69, 9.17) is 14.6 Å². The highest BCUT2D eigenvalue weighted by atomic mass is 32.2. The third-order valence-corrected chi connectivity index (χ3v) is 14.6. The molecule has 2 unspecified atom stereocenters. The number of nitrogens with one attached hydrogen (secondary N) is 3. The number of β-lactam (4-membered cyclic amide) rings is 1. The zero-order valence-electron chi connectivity index (χ0n) is 39.9. The molecule has 20 heteroatoms. The van der Waals surface area contributed by atoms with Gasteiger partial charge in [0.15, 0.2) is 22.8 Å². The molecule has 2 aliphatic rings. The first kappa shape index (κ1) is 50.6. The van der Waals surface area contributed by atoms with Crippen molar-refractivity contribution in [3.63, 3.8) is 0 Å². The first-order valence-electron chi connectivity index (χ1n) is 23.0. The number of allylic oxidation sites excluding steroid dienone is 1. The first-order chi connectivity index (χ1) is 35.9. The molecule has 0 aliphatic carbocycles. The zero-order chi connectivity index (χ0) is 51.9. The van der Waals surface area contributed by atoms with E-state index in [1.807, 2.05) is 152 Å². The Bertz CT molecular complexity index is 3290. The number of aromatic amines is 1. The molecule has 2 aromatic heterocycles. The second kappa shape index (κ2) is 22.2. The number of nitrogens with zero attached hydrogens (tertiary/aromatic N) is 6. The van der Waals surface area contributed by atoms with E-state index < -0.39 is 64.4 Å². The molecular weight excluding hydrogens is 999 g/mol. The Hall–Kier alpha value is -8.33. The second-order valence-corrected chi connectivity index (χ2v) is 19.5. The van der Waals surface area contributed by atoms with Gasteiger partial charge < -0.3 is 25.1 Å².